The topological polar surface area (TPSA) is 75.6 Å². The SMILES string of the molecule is C[C@@H](OC(=O)C12C[C@@H]3C[C@@H](CC(O)(C3)C1)C2)C(=O)Nc1cccc(C(F)(F)F)c1. The monoisotopic (exact) mass is 411 g/mol. The largest absolute Gasteiger partial charge is 0.452 e. The van der Waals surface area contributed by atoms with Gasteiger partial charge in [-0.25, -0.2) is 0 Å². The third kappa shape index (κ3) is 3.86. The number of rotatable bonds is 4. The minimum absolute atomic E-state index is 0.0168. The first-order chi connectivity index (χ1) is 13.5. The molecule has 0 spiro atoms. The molecule has 4 fully saturated rings. The Kier molecular flexibility index (Phi) is 4.68. The maximum Gasteiger partial charge on any atom is 0.416 e. The summed E-state index contributed by atoms with van der Waals surface area (Å²) in [6.07, 6.45) is -1.55. The van der Waals surface area contributed by atoms with Gasteiger partial charge in [-0.2, -0.15) is 13.2 Å². The molecule has 1 aromatic carbocycles. The zero-order valence-electron chi connectivity index (χ0n) is 16.1. The summed E-state index contributed by atoms with van der Waals surface area (Å²) in [7, 11) is 0. The highest BCUT2D eigenvalue weighted by Crippen LogP contribution is 2.62. The number of halogens is 3. The zero-order valence-corrected chi connectivity index (χ0v) is 16.1. The summed E-state index contributed by atoms with van der Waals surface area (Å²) < 4.78 is 43.9. The van der Waals surface area contributed by atoms with Crippen molar-refractivity contribution in [3.63, 3.8) is 0 Å². The van der Waals surface area contributed by atoms with Crippen LogP contribution in [0.25, 0.3) is 0 Å². The Balaban J connectivity index is 1.41. The van der Waals surface area contributed by atoms with Gasteiger partial charge in [-0.15, -0.1) is 0 Å². The first-order valence-corrected chi connectivity index (χ1v) is 9.90. The van der Waals surface area contributed by atoms with E-state index in [1.54, 1.807) is 0 Å². The minimum atomic E-state index is -4.52. The third-order valence-corrected chi connectivity index (χ3v) is 6.57. The van der Waals surface area contributed by atoms with Crippen LogP contribution >= 0.6 is 0 Å². The number of amides is 1. The molecular formula is C21H24F3NO4. The number of carbonyl (C=O) groups is 2. The lowest BCUT2D eigenvalue weighted by Crippen LogP contribution is -2.59. The van der Waals surface area contributed by atoms with Crippen molar-refractivity contribution in [2.75, 3.05) is 5.32 Å². The van der Waals surface area contributed by atoms with Crippen molar-refractivity contribution < 1.29 is 32.6 Å². The van der Waals surface area contributed by atoms with E-state index in [2.05, 4.69) is 5.32 Å². The summed E-state index contributed by atoms with van der Waals surface area (Å²) in [5, 5.41) is 13.1. The van der Waals surface area contributed by atoms with Crippen LogP contribution in [0.4, 0.5) is 18.9 Å². The third-order valence-electron chi connectivity index (χ3n) is 6.57. The molecule has 5 rings (SSSR count). The van der Waals surface area contributed by atoms with Gasteiger partial charge in [-0.3, -0.25) is 9.59 Å². The number of esters is 1. The van der Waals surface area contributed by atoms with Crippen LogP contribution in [0.2, 0.25) is 0 Å². The van der Waals surface area contributed by atoms with E-state index >= 15 is 0 Å². The molecule has 158 valence electrons. The van der Waals surface area contributed by atoms with Gasteiger partial charge in [-0.05, 0) is 75.5 Å². The van der Waals surface area contributed by atoms with E-state index < -0.39 is 40.7 Å². The van der Waals surface area contributed by atoms with Gasteiger partial charge < -0.3 is 15.2 Å². The lowest BCUT2D eigenvalue weighted by Gasteiger charge is -2.58. The van der Waals surface area contributed by atoms with Gasteiger partial charge in [0.1, 0.15) is 0 Å². The second kappa shape index (κ2) is 6.72. The number of anilines is 1. The summed E-state index contributed by atoms with van der Waals surface area (Å²) in [5.41, 5.74) is -2.48. The molecule has 2 N–H and O–H groups in total. The number of hydrogen-bond acceptors (Lipinski definition) is 4. The number of nitrogens with one attached hydrogen (secondary N) is 1. The van der Waals surface area contributed by atoms with E-state index in [1.807, 2.05) is 0 Å². The average molecular weight is 411 g/mol. The number of aliphatic hydroxyl groups is 1. The molecule has 0 aliphatic heterocycles. The molecule has 0 aromatic heterocycles. The molecule has 1 aromatic rings. The Hall–Kier alpha value is -2.09. The van der Waals surface area contributed by atoms with Crippen molar-refractivity contribution in [1.82, 2.24) is 0 Å². The number of hydrogen-bond donors (Lipinski definition) is 2. The Bertz CT molecular complexity index is 823. The van der Waals surface area contributed by atoms with Crippen LogP contribution in [0, 0.1) is 17.3 Å². The maximum absolute atomic E-state index is 12.9. The molecule has 5 atom stereocenters. The van der Waals surface area contributed by atoms with Crippen LogP contribution in [0.3, 0.4) is 0 Å². The summed E-state index contributed by atoms with van der Waals surface area (Å²) in [5.74, 6) is -0.594. The van der Waals surface area contributed by atoms with Crippen molar-refractivity contribution in [2.24, 2.45) is 17.3 Å². The van der Waals surface area contributed by atoms with Crippen molar-refractivity contribution in [3.8, 4) is 0 Å². The van der Waals surface area contributed by atoms with Gasteiger partial charge >= 0.3 is 12.1 Å². The predicted molar refractivity (Wildman–Crippen MR) is 97.7 cm³/mol. The van der Waals surface area contributed by atoms with Gasteiger partial charge in [0.15, 0.2) is 6.10 Å². The zero-order chi connectivity index (χ0) is 21.0. The Labute approximate surface area is 166 Å². The van der Waals surface area contributed by atoms with E-state index in [1.165, 1.54) is 19.1 Å². The highest BCUT2D eigenvalue weighted by atomic mass is 19.4. The van der Waals surface area contributed by atoms with Gasteiger partial charge in [-0.1, -0.05) is 6.07 Å². The maximum atomic E-state index is 12.9. The Morgan fingerprint density at radius 3 is 2.45 bits per heavy atom. The second-order valence-electron chi connectivity index (χ2n) is 9.08. The quantitative estimate of drug-likeness (QED) is 0.737. The molecule has 29 heavy (non-hydrogen) atoms. The number of alkyl halides is 3. The van der Waals surface area contributed by atoms with Crippen LogP contribution in [0.1, 0.15) is 51.0 Å². The Morgan fingerprint density at radius 1 is 1.21 bits per heavy atom. The average Bonchev–Trinajstić information content (AvgIpc) is 2.59. The first kappa shape index (κ1) is 20.2. The molecule has 5 nitrogen and oxygen atoms in total. The molecule has 4 saturated carbocycles. The second-order valence-corrected chi connectivity index (χ2v) is 9.08. The summed E-state index contributed by atoms with van der Waals surface area (Å²) >= 11 is 0. The van der Waals surface area contributed by atoms with Gasteiger partial charge in [0.2, 0.25) is 0 Å². The van der Waals surface area contributed by atoms with Crippen LogP contribution in [-0.2, 0) is 20.5 Å². The van der Waals surface area contributed by atoms with E-state index in [-0.39, 0.29) is 5.69 Å². The fraction of sp³-hybridized carbons (Fsp3) is 0.619. The summed E-state index contributed by atoms with van der Waals surface area (Å²) in [6, 6.07) is 4.29. The van der Waals surface area contributed by atoms with Crippen molar-refractivity contribution >= 4 is 17.6 Å². The first-order valence-electron chi connectivity index (χ1n) is 9.90. The molecule has 8 heteroatoms. The molecule has 1 amide bonds. The van der Waals surface area contributed by atoms with E-state index in [0.717, 1.165) is 18.6 Å². The number of benzene rings is 1. The molecule has 4 bridgehead atoms. The van der Waals surface area contributed by atoms with Crippen molar-refractivity contribution in [3.05, 3.63) is 29.8 Å². The van der Waals surface area contributed by atoms with Crippen LogP contribution in [0.5, 0.6) is 0 Å². The lowest BCUT2D eigenvalue weighted by atomic mass is 9.48. The highest BCUT2D eigenvalue weighted by Gasteiger charge is 2.61. The molecule has 0 heterocycles. The van der Waals surface area contributed by atoms with Crippen molar-refractivity contribution in [1.29, 1.82) is 0 Å². The predicted octanol–water partition coefficient (Wildman–Crippen LogP) is 3.91. The molecule has 4 aliphatic rings. The van der Waals surface area contributed by atoms with Crippen LogP contribution < -0.4 is 5.32 Å². The van der Waals surface area contributed by atoms with Gasteiger partial charge in [0.05, 0.1) is 16.6 Å². The molecular weight excluding hydrogens is 387 g/mol. The van der Waals surface area contributed by atoms with E-state index in [0.29, 0.717) is 43.9 Å². The molecule has 0 saturated heterocycles. The number of carbonyl (C=O) groups excluding carboxylic acids is 2. The molecule has 4 aliphatic carbocycles. The minimum Gasteiger partial charge on any atom is -0.452 e. The van der Waals surface area contributed by atoms with Gasteiger partial charge in [0.25, 0.3) is 5.91 Å². The normalized spacial score (nSPS) is 34.0. The Morgan fingerprint density at radius 2 is 1.86 bits per heavy atom. The van der Waals surface area contributed by atoms with E-state index in [9.17, 15) is 27.9 Å². The highest BCUT2D eigenvalue weighted by molar-refractivity contribution is 5.95. The number of ether oxygens (including phenoxy) is 1. The fourth-order valence-corrected chi connectivity index (χ4v) is 5.81. The van der Waals surface area contributed by atoms with Gasteiger partial charge in [0, 0.05) is 5.69 Å². The fourth-order valence-electron chi connectivity index (χ4n) is 5.81. The van der Waals surface area contributed by atoms with Crippen LogP contribution in [-0.4, -0.2) is 28.7 Å². The lowest BCUT2D eigenvalue weighted by molar-refractivity contribution is -0.199. The standard InChI is InChI=1S/C21H24F3NO4/c1-12(17(26)25-16-4-2-3-15(6-16)21(22,23)24)29-18(27)19-7-13-5-14(8-19)10-20(28,9-13)11-19/h2-4,6,12-14,28H,5,7-11H2,1H3,(H,25,26)/t12-,13-,14+,19?,20?/m1/s1. The molecule has 2 unspecified atom stereocenters. The summed E-state index contributed by atoms with van der Waals surface area (Å²) in [4.78, 5) is 25.3. The molecule has 0 radical (unpaired) electrons. The smallest absolute Gasteiger partial charge is 0.416 e. The van der Waals surface area contributed by atoms with Crippen LogP contribution in [0.15, 0.2) is 24.3 Å². The van der Waals surface area contributed by atoms with E-state index in [4.69, 9.17) is 4.74 Å². The summed E-state index contributed by atoms with van der Waals surface area (Å²) in [6.45, 7) is 1.40. The van der Waals surface area contributed by atoms with Crippen molar-refractivity contribution in [2.45, 2.75) is 63.3 Å².